The standard InChI is InChI=1S/C13H18N2O/c14-8-13(4-5-13)9-15-11-1-2-12-10(7-11)3-6-16-12/h1-2,7,15H,3-6,8-9,14H2. The van der Waals surface area contributed by atoms with Gasteiger partial charge in [-0.3, -0.25) is 0 Å². The number of nitrogens with two attached hydrogens (primary N) is 1. The van der Waals surface area contributed by atoms with E-state index in [0.717, 1.165) is 31.9 Å². The molecule has 0 atom stereocenters. The van der Waals surface area contributed by atoms with Gasteiger partial charge in [-0.05, 0) is 48.6 Å². The van der Waals surface area contributed by atoms with Gasteiger partial charge in [-0.2, -0.15) is 0 Å². The number of anilines is 1. The van der Waals surface area contributed by atoms with Crippen LogP contribution in [0.15, 0.2) is 18.2 Å². The lowest BCUT2D eigenvalue weighted by Gasteiger charge is -2.14. The molecule has 3 rings (SSSR count). The van der Waals surface area contributed by atoms with E-state index in [0.29, 0.717) is 5.41 Å². The summed E-state index contributed by atoms with van der Waals surface area (Å²) in [5, 5.41) is 3.49. The molecule has 0 spiro atoms. The zero-order valence-corrected chi connectivity index (χ0v) is 9.46. The lowest BCUT2D eigenvalue weighted by Crippen LogP contribution is -2.24. The van der Waals surface area contributed by atoms with E-state index in [4.69, 9.17) is 10.5 Å². The molecule has 1 aliphatic carbocycles. The summed E-state index contributed by atoms with van der Waals surface area (Å²) in [6, 6.07) is 6.36. The molecule has 3 N–H and O–H groups in total. The first-order valence-electron chi connectivity index (χ1n) is 6.01. The van der Waals surface area contributed by atoms with Gasteiger partial charge in [-0.25, -0.2) is 0 Å². The molecular formula is C13H18N2O. The van der Waals surface area contributed by atoms with Gasteiger partial charge in [0.25, 0.3) is 0 Å². The van der Waals surface area contributed by atoms with E-state index >= 15 is 0 Å². The maximum atomic E-state index is 5.76. The lowest BCUT2D eigenvalue weighted by atomic mass is 10.1. The minimum absolute atomic E-state index is 0.384. The Bertz CT molecular complexity index is 399. The van der Waals surface area contributed by atoms with Gasteiger partial charge in [0.15, 0.2) is 0 Å². The van der Waals surface area contributed by atoms with Gasteiger partial charge >= 0.3 is 0 Å². The quantitative estimate of drug-likeness (QED) is 0.809. The molecule has 1 heterocycles. The van der Waals surface area contributed by atoms with Gasteiger partial charge < -0.3 is 15.8 Å². The third-order valence-corrected chi connectivity index (χ3v) is 3.75. The molecule has 1 aromatic carbocycles. The second kappa shape index (κ2) is 3.67. The minimum Gasteiger partial charge on any atom is -0.493 e. The largest absolute Gasteiger partial charge is 0.493 e. The van der Waals surface area contributed by atoms with Crippen LogP contribution in [0.25, 0.3) is 0 Å². The summed E-state index contributed by atoms with van der Waals surface area (Å²) < 4.78 is 5.48. The van der Waals surface area contributed by atoms with Crippen LogP contribution in [-0.2, 0) is 6.42 Å². The topological polar surface area (TPSA) is 47.3 Å². The van der Waals surface area contributed by atoms with Crippen LogP contribution in [0.3, 0.4) is 0 Å². The summed E-state index contributed by atoms with van der Waals surface area (Å²) in [5.41, 5.74) is 8.67. The molecule has 3 heteroatoms. The molecule has 2 aliphatic rings. The van der Waals surface area contributed by atoms with Crippen molar-refractivity contribution < 1.29 is 4.74 Å². The van der Waals surface area contributed by atoms with Crippen molar-refractivity contribution in [2.45, 2.75) is 19.3 Å². The second-order valence-corrected chi connectivity index (χ2v) is 4.98. The Morgan fingerprint density at radius 1 is 1.38 bits per heavy atom. The third kappa shape index (κ3) is 1.76. The Kier molecular flexibility index (Phi) is 2.28. The zero-order chi connectivity index (χ0) is 11.0. The van der Waals surface area contributed by atoms with E-state index in [2.05, 4.69) is 23.5 Å². The first kappa shape index (κ1) is 9.97. The molecule has 3 nitrogen and oxygen atoms in total. The fourth-order valence-electron chi connectivity index (χ4n) is 2.22. The van der Waals surface area contributed by atoms with E-state index in [1.165, 1.54) is 24.1 Å². The predicted octanol–water partition coefficient (Wildman–Crippen LogP) is 1.77. The van der Waals surface area contributed by atoms with Crippen LogP contribution in [-0.4, -0.2) is 19.7 Å². The summed E-state index contributed by atoms with van der Waals surface area (Å²) in [6.07, 6.45) is 3.57. The van der Waals surface area contributed by atoms with Gasteiger partial charge in [-0.15, -0.1) is 0 Å². The normalized spacial score (nSPS) is 20.1. The highest BCUT2D eigenvalue weighted by molar-refractivity contribution is 5.52. The van der Waals surface area contributed by atoms with E-state index < -0.39 is 0 Å². The number of fused-ring (bicyclic) bond motifs is 1. The number of ether oxygens (including phenoxy) is 1. The lowest BCUT2D eigenvalue weighted by molar-refractivity contribution is 0.357. The first-order valence-corrected chi connectivity index (χ1v) is 6.01. The average Bonchev–Trinajstić information content (AvgIpc) is 2.96. The Hall–Kier alpha value is -1.22. The maximum absolute atomic E-state index is 5.76. The summed E-state index contributed by atoms with van der Waals surface area (Å²) >= 11 is 0. The predicted molar refractivity (Wildman–Crippen MR) is 64.9 cm³/mol. The Morgan fingerprint density at radius 2 is 2.25 bits per heavy atom. The van der Waals surface area contributed by atoms with Crippen molar-refractivity contribution >= 4 is 5.69 Å². The summed E-state index contributed by atoms with van der Waals surface area (Å²) in [7, 11) is 0. The van der Waals surface area contributed by atoms with Crippen molar-refractivity contribution in [2.75, 3.05) is 25.0 Å². The van der Waals surface area contributed by atoms with E-state index in [9.17, 15) is 0 Å². The fraction of sp³-hybridized carbons (Fsp3) is 0.538. The molecule has 0 radical (unpaired) electrons. The Labute approximate surface area is 96.0 Å². The van der Waals surface area contributed by atoms with Crippen molar-refractivity contribution in [1.82, 2.24) is 0 Å². The Morgan fingerprint density at radius 3 is 3.00 bits per heavy atom. The molecule has 1 aliphatic heterocycles. The molecular weight excluding hydrogens is 200 g/mol. The summed E-state index contributed by atoms with van der Waals surface area (Å²) in [5.74, 6) is 1.05. The molecule has 0 unspecified atom stereocenters. The van der Waals surface area contributed by atoms with E-state index in [-0.39, 0.29) is 0 Å². The molecule has 1 aromatic rings. The van der Waals surface area contributed by atoms with Crippen LogP contribution in [0.5, 0.6) is 5.75 Å². The van der Waals surface area contributed by atoms with Gasteiger partial charge in [0.2, 0.25) is 0 Å². The van der Waals surface area contributed by atoms with Crippen molar-refractivity contribution in [3.8, 4) is 5.75 Å². The number of hydrogen-bond donors (Lipinski definition) is 2. The molecule has 16 heavy (non-hydrogen) atoms. The smallest absolute Gasteiger partial charge is 0.122 e. The molecule has 0 aromatic heterocycles. The maximum Gasteiger partial charge on any atom is 0.122 e. The molecule has 0 amide bonds. The molecule has 86 valence electrons. The van der Waals surface area contributed by atoms with Gasteiger partial charge in [0.05, 0.1) is 6.61 Å². The highest BCUT2D eigenvalue weighted by Gasteiger charge is 2.40. The van der Waals surface area contributed by atoms with Crippen LogP contribution in [0.4, 0.5) is 5.69 Å². The van der Waals surface area contributed by atoms with Crippen LogP contribution in [0, 0.1) is 5.41 Å². The summed E-state index contributed by atoms with van der Waals surface area (Å²) in [6.45, 7) is 2.63. The van der Waals surface area contributed by atoms with Crippen molar-refractivity contribution in [2.24, 2.45) is 11.1 Å². The van der Waals surface area contributed by atoms with Gasteiger partial charge in [0, 0.05) is 18.7 Å². The molecule has 1 saturated carbocycles. The zero-order valence-electron chi connectivity index (χ0n) is 9.46. The minimum atomic E-state index is 0.384. The van der Waals surface area contributed by atoms with Crippen LogP contribution in [0.2, 0.25) is 0 Å². The summed E-state index contributed by atoms with van der Waals surface area (Å²) in [4.78, 5) is 0. The molecule has 1 fully saturated rings. The van der Waals surface area contributed by atoms with Crippen molar-refractivity contribution in [3.63, 3.8) is 0 Å². The molecule has 0 saturated heterocycles. The third-order valence-electron chi connectivity index (χ3n) is 3.75. The van der Waals surface area contributed by atoms with Gasteiger partial charge in [0.1, 0.15) is 5.75 Å². The highest BCUT2D eigenvalue weighted by Crippen LogP contribution is 2.44. The van der Waals surface area contributed by atoms with Crippen LogP contribution < -0.4 is 15.8 Å². The van der Waals surface area contributed by atoms with Crippen LogP contribution in [0.1, 0.15) is 18.4 Å². The van der Waals surface area contributed by atoms with Crippen LogP contribution >= 0.6 is 0 Å². The average molecular weight is 218 g/mol. The number of rotatable bonds is 4. The first-order chi connectivity index (χ1) is 7.81. The number of benzene rings is 1. The monoisotopic (exact) mass is 218 g/mol. The second-order valence-electron chi connectivity index (χ2n) is 4.98. The van der Waals surface area contributed by atoms with E-state index in [1.54, 1.807) is 0 Å². The van der Waals surface area contributed by atoms with E-state index in [1.807, 2.05) is 0 Å². The van der Waals surface area contributed by atoms with Crippen molar-refractivity contribution in [3.05, 3.63) is 23.8 Å². The number of nitrogens with one attached hydrogen (secondary N) is 1. The van der Waals surface area contributed by atoms with Gasteiger partial charge in [-0.1, -0.05) is 0 Å². The fourth-order valence-corrected chi connectivity index (χ4v) is 2.22. The molecule has 0 bridgehead atoms. The SMILES string of the molecule is NCC1(CNc2ccc3c(c2)CCO3)CC1. The highest BCUT2D eigenvalue weighted by atomic mass is 16.5. The Balaban J connectivity index is 1.66. The van der Waals surface area contributed by atoms with Crippen molar-refractivity contribution in [1.29, 1.82) is 0 Å². The number of hydrogen-bond acceptors (Lipinski definition) is 3.